The van der Waals surface area contributed by atoms with Crippen LogP contribution < -0.4 is 19.6 Å². The Morgan fingerprint density at radius 1 is 0.645 bits per heavy atom. The number of anilines is 1. The van der Waals surface area contributed by atoms with E-state index in [0.29, 0.717) is 65.8 Å². The molecule has 0 saturated carbocycles. The minimum Gasteiger partial charge on any atom is -0.493 e. The van der Waals surface area contributed by atoms with Crippen molar-refractivity contribution in [2.24, 2.45) is 5.10 Å². The van der Waals surface area contributed by atoms with E-state index >= 15 is 0 Å². The number of esters is 4. The lowest BCUT2D eigenvalue weighted by Gasteiger charge is -2.11. The zero-order chi connectivity index (χ0) is 43.5. The van der Waals surface area contributed by atoms with Crippen LogP contribution in [0.15, 0.2) is 146 Å². The highest BCUT2D eigenvalue weighted by Crippen LogP contribution is 2.30. The smallest absolute Gasteiger partial charge is 0.343 e. The third-order valence-corrected chi connectivity index (χ3v) is 9.82. The van der Waals surface area contributed by atoms with E-state index in [0.717, 1.165) is 39.1 Å². The number of rotatable bonds is 22. The molecule has 13 nitrogen and oxygen atoms in total. The summed E-state index contributed by atoms with van der Waals surface area (Å²) >= 11 is 1.45. The molecule has 0 atom stereocenters. The van der Waals surface area contributed by atoms with E-state index in [-0.39, 0.29) is 25.6 Å². The summed E-state index contributed by atoms with van der Waals surface area (Å²) < 4.78 is 33.6. The molecule has 0 fully saturated rings. The molecule has 1 N–H and O–H groups in total. The number of hydrogen-bond acceptors (Lipinski definition) is 14. The van der Waals surface area contributed by atoms with Crippen molar-refractivity contribution in [3.05, 3.63) is 163 Å². The Labute approximate surface area is 362 Å². The van der Waals surface area contributed by atoms with Crippen LogP contribution in [0.4, 0.5) is 5.13 Å². The Hall–Kier alpha value is -7.58. The third-order valence-electron chi connectivity index (χ3n) is 8.88. The first kappa shape index (κ1) is 44.0. The number of carbonyl (C=O) groups excluding carboxylic acids is 4. The third kappa shape index (κ3) is 13.2. The average Bonchev–Trinajstić information content (AvgIpc) is 3.72. The fourth-order valence-electron chi connectivity index (χ4n) is 5.73. The summed E-state index contributed by atoms with van der Waals surface area (Å²) in [4.78, 5) is 53.2. The molecule has 316 valence electrons. The second kappa shape index (κ2) is 22.7. The lowest BCUT2D eigenvalue weighted by Crippen LogP contribution is -2.11. The molecule has 0 bridgehead atoms. The van der Waals surface area contributed by atoms with Crippen LogP contribution in [0.2, 0.25) is 0 Å². The molecule has 0 aliphatic carbocycles. The number of carbonyl (C=O) groups is 4. The van der Waals surface area contributed by atoms with Gasteiger partial charge in [0, 0.05) is 37.0 Å². The standard InChI is InChI=1S/C48H43N3O10S/c1-3-44(52)58-27-8-25-56-39-18-13-35(14-19-39)46(54)60-29-24-33-12-22-42(61-47(55)36-15-20-40(21-16-36)57-26-9-28-59-45(53)4-2)38(30-33)32-49-51-48-50-41-31-37(17-23-43(41)62-48)34-10-6-5-7-11-34/h3-7,10-23,30-32H,1-2,8-9,24-29H2,(H,50,51)/b49-32+. The van der Waals surface area contributed by atoms with Crippen LogP contribution in [0, 0.1) is 0 Å². The van der Waals surface area contributed by atoms with Crippen LogP contribution in [0.3, 0.4) is 0 Å². The zero-order valence-corrected chi connectivity index (χ0v) is 34.5. The number of ether oxygens (including phenoxy) is 6. The summed E-state index contributed by atoms with van der Waals surface area (Å²) in [5.41, 5.74) is 7.94. The van der Waals surface area contributed by atoms with Crippen LogP contribution in [0.5, 0.6) is 17.2 Å². The highest BCUT2D eigenvalue weighted by Gasteiger charge is 2.14. The van der Waals surface area contributed by atoms with Crippen molar-refractivity contribution in [3.8, 4) is 28.4 Å². The molecule has 14 heteroatoms. The highest BCUT2D eigenvalue weighted by molar-refractivity contribution is 7.22. The van der Waals surface area contributed by atoms with Crippen molar-refractivity contribution in [2.45, 2.75) is 19.3 Å². The van der Waals surface area contributed by atoms with Crippen LogP contribution in [0.1, 0.15) is 44.7 Å². The molecule has 6 rings (SSSR count). The van der Waals surface area contributed by atoms with Gasteiger partial charge in [-0.2, -0.15) is 5.10 Å². The predicted octanol–water partition coefficient (Wildman–Crippen LogP) is 9.02. The fourth-order valence-corrected chi connectivity index (χ4v) is 6.53. The van der Waals surface area contributed by atoms with Gasteiger partial charge in [-0.15, -0.1) is 0 Å². The van der Waals surface area contributed by atoms with Crippen molar-refractivity contribution >= 4 is 56.8 Å². The quantitative estimate of drug-likeness (QED) is 0.0131. The lowest BCUT2D eigenvalue weighted by molar-refractivity contribution is -0.138. The lowest BCUT2D eigenvalue weighted by atomic mass is 10.1. The summed E-state index contributed by atoms with van der Waals surface area (Å²) in [6, 6.07) is 34.5. The highest BCUT2D eigenvalue weighted by atomic mass is 32.1. The van der Waals surface area contributed by atoms with Crippen LogP contribution in [-0.2, 0) is 30.2 Å². The number of hydrogen-bond donors (Lipinski definition) is 1. The summed E-state index contributed by atoms with van der Waals surface area (Å²) in [6.45, 7) is 7.85. The van der Waals surface area contributed by atoms with Crippen molar-refractivity contribution in [2.75, 3.05) is 38.5 Å². The first-order valence-corrected chi connectivity index (χ1v) is 20.4. The normalized spacial score (nSPS) is 10.8. The number of nitrogens with zero attached hydrogens (tertiary/aromatic N) is 2. The van der Waals surface area contributed by atoms with Gasteiger partial charge >= 0.3 is 23.9 Å². The molecule has 0 spiro atoms. The van der Waals surface area contributed by atoms with Gasteiger partial charge in [0.15, 0.2) is 0 Å². The molecule has 0 aliphatic rings. The molecule has 0 unspecified atom stereocenters. The molecule has 62 heavy (non-hydrogen) atoms. The number of nitrogens with one attached hydrogen (secondary N) is 1. The number of benzene rings is 5. The Bertz CT molecular complexity index is 2520. The molecule has 0 saturated heterocycles. The molecule has 1 aromatic heterocycles. The molecule has 0 amide bonds. The molecule has 0 radical (unpaired) electrons. The molecule has 6 aromatic rings. The van der Waals surface area contributed by atoms with Crippen LogP contribution in [-0.4, -0.2) is 68.1 Å². The topological polar surface area (TPSA) is 161 Å². The van der Waals surface area contributed by atoms with Gasteiger partial charge in [-0.05, 0) is 89.5 Å². The minimum atomic E-state index is -0.594. The molecular weight excluding hydrogens is 811 g/mol. The number of hydrazone groups is 1. The van der Waals surface area contributed by atoms with Gasteiger partial charge in [-0.25, -0.2) is 24.2 Å². The van der Waals surface area contributed by atoms with E-state index in [2.05, 4.69) is 29.8 Å². The first-order chi connectivity index (χ1) is 30.3. The van der Waals surface area contributed by atoms with Gasteiger partial charge < -0.3 is 28.4 Å². The van der Waals surface area contributed by atoms with E-state index in [4.69, 9.17) is 33.4 Å². The summed E-state index contributed by atoms with van der Waals surface area (Å²) in [6.07, 6.45) is 5.10. The number of fused-ring (bicyclic) bond motifs is 1. The van der Waals surface area contributed by atoms with E-state index in [1.165, 1.54) is 11.3 Å². The maximum absolute atomic E-state index is 13.3. The zero-order valence-electron chi connectivity index (χ0n) is 33.7. The maximum atomic E-state index is 13.3. The second-order valence-corrected chi connectivity index (χ2v) is 14.3. The van der Waals surface area contributed by atoms with Crippen LogP contribution >= 0.6 is 11.3 Å². The molecule has 0 aliphatic heterocycles. The van der Waals surface area contributed by atoms with Crippen molar-refractivity contribution < 1.29 is 47.6 Å². The van der Waals surface area contributed by atoms with E-state index in [1.54, 1.807) is 72.9 Å². The summed E-state index contributed by atoms with van der Waals surface area (Å²) in [5.74, 6) is -0.720. The number of thiazole rings is 1. The van der Waals surface area contributed by atoms with Crippen molar-refractivity contribution in [3.63, 3.8) is 0 Å². The Kier molecular flexibility index (Phi) is 16.1. The van der Waals surface area contributed by atoms with Gasteiger partial charge in [-0.1, -0.05) is 67.0 Å². The predicted molar refractivity (Wildman–Crippen MR) is 237 cm³/mol. The Morgan fingerprint density at radius 3 is 1.90 bits per heavy atom. The summed E-state index contributed by atoms with van der Waals surface area (Å²) in [5, 5.41) is 5.02. The van der Waals surface area contributed by atoms with Gasteiger partial charge in [0.1, 0.15) is 17.2 Å². The van der Waals surface area contributed by atoms with Crippen molar-refractivity contribution in [1.29, 1.82) is 0 Å². The number of aromatic nitrogens is 1. The summed E-state index contributed by atoms with van der Waals surface area (Å²) in [7, 11) is 0. The average molecular weight is 854 g/mol. The van der Waals surface area contributed by atoms with E-state index < -0.39 is 23.9 Å². The van der Waals surface area contributed by atoms with Crippen LogP contribution in [0.25, 0.3) is 21.3 Å². The monoisotopic (exact) mass is 853 g/mol. The van der Waals surface area contributed by atoms with Gasteiger partial charge in [0.25, 0.3) is 0 Å². The van der Waals surface area contributed by atoms with E-state index in [9.17, 15) is 19.2 Å². The van der Waals surface area contributed by atoms with Gasteiger partial charge in [0.2, 0.25) is 5.13 Å². The Balaban J connectivity index is 1.08. The van der Waals surface area contributed by atoms with Crippen molar-refractivity contribution in [1.82, 2.24) is 4.98 Å². The van der Waals surface area contributed by atoms with E-state index in [1.807, 2.05) is 42.5 Å². The first-order valence-electron chi connectivity index (χ1n) is 19.6. The van der Waals surface area contributed by atoms with Gasteiger partial charge in [-0.3, -0.25) is 5.43 Å². The Morgan fingerprint density at radius 2 is 1.27 bits per heavy atom. The van der Waals surface area contributed by atoms with Gasteiger partial charge in [0.05, 0.1) is 60.6 Å². The minimum absolute atomic E-state index is 0.0829. The maximum Gasteiger partial charge on any atom is 0.343 e. The SMILES string of the molecule is C=CC(=O)OCCCOc1ccc(C(=O)OCCc2ccc(OC(=O)c3ccc(OCCCOC(=O)C=C)cc3)c(/C=N/Nc3nc4cc(-c5ccccc5)ccc4s3)c2)cc1. The fraction of sp³-hybridized carbons (Fsp3) is 0.167. The largest absolute Gasteiger partial charge is 0.493 e. The molecule has 5 aromatic carbocycles. The molecular formula is C48H43N3O10S. The molecule has 1 heterocycles. The second-order valence-electron chi connectivity index (χ2n) is 13.3.